The summed E-state index contributed by atoms with van der Waals surface area (Å²) in [7, 11) is 1.75. The summed E-state index contributed by atoms with van der Waals surface area (Å²) in [4.78, 5) is 19.3. The Bertz CT molecular complexity index is 1030. The lowest BCUT2D eigenvalue weighted by molar-refractivity contribution is 0.0205. The summed E-state index contributed by atoms with van der Waals surface area (Å²) in [6.45, 7) is 20.2. The summed E-state index contributed by atoms with van der Waals surface area (Å²) in [6.07, 6.45) is 1.47. The number of carbonyl (C=O) groups excluding carboxylic acids is 1. The van der Waals surface area contributed by atoms with Gasteiger partial charge in [-0.05, 0) is 56.6 Å². The number of aromatic nitrogens is 1. The van der Waals surface area contributed by atoms with E-state index in [1.807, 2.05) is 20.8 Å². The van der Waals surface area contributed by atoms with Crippen LogP contribution >= 0.6 is 22.9 Å². The van der Waals surface area contributed by atoms with Crippen molar-refractivity contribution in [2.75, 3.05) is 20.2 Å². The van der Waals surface area contributed by atoms with Crippen LogP contribution in [0.2, 0.25) is 4.34 Å². The molecule has 0 saturated carbocycles. The van der Waals surface area contributed by atoms with Crippen LogP contribution in [0.15, 0.2) is 12.1 Å². The maximum Gasteiger partial charge on any atom is 0.410 e. The summed E-state index contributed by atoms with van der Waals surface area (Å²) < 4.78 is 12.2. The molecule has 7 heteroatoms. The van der Waals surface area contributed by atoms with Gasteiger partial charge >= 0.3 is 6.09 Å². The van der Waals surface area contributed by atoms with Crippen LogP contribution in [0.1, 0.15) is 97.2 Å². The molecule has 1 saturated heterocycles. The summed E-state index contributed by atoms with van der Waals surface area (Å²) in [5.74, 6) is 1.22. The average Bonchev–Trinajstić information content (AvgIpc) is 3.12. The molecule has 0 atom stereocenters. The fourth-order valence-corrected chi connectivity index (χ4v) is 5.78. The third-order valence-corrected chi connectivity index (χ3v) is 7.70. The van der Waals surface area contributed by atoms with Crippen molar-refractivity contribution in [1.82, 2.24) is 9.88 Å². The molecule has 0 unspecified atom stereocenters. The van der Waals surface area contributed by atoms with E-state index >= 15 is 0 Å². The number of nitrogens with zero attached hydrogens (tertiary/aromatic N) is 2. The Balaban J connectivity index is 1.91. The first-order valence-electron chi connectivity index (χ1n) is 12.4. The van der Waals surface area contributed by atoms with Crippen molar-refractivity contribution >= 4 is 29.0 Å². The quantitative estimate of drug-likeness (QED) is 0.409. The van der Waals surface area contributed by atoms with Crippen LogP contribution in [0.4, 0.5) is 4.79 Å². The number of carbonyl (C=O) groups is 1. The molecule has 5 nitrogen and oxygen atoms in total. The summed E-state index contributed by atoms with van der Waals surface area (Å²) in [5, 5.41) is 1.04. The first kappa shape index (κ1) is 27.8. The molecule has 0 aliphatic carbocycles. The minimum atomic E-state index is -0.484. The molecule has 1 aliphatic rings. The van der Waals surface area contributed by atoms with Crippen molar-refractivity contribution in [3.05, 3.63) is 32.6 Å². The molecule has 1 aromatic carbocycles. The Morgan fingerprint density at radius 3 is 1.94 bits per heavy atom. The molecule has 2 aromatic rings. The number of methoxy groups -OCH3 is 1. The van der Waals surface area contributed by atoms with Crippen molar-refractivity contribution in [2.24, 2.45) is 0 Å². The predicted octanol–water partition coefficient (Wildman–Crippen LogP) is 8.18. The van der Waals surface area contributed by atoms with Crippen molar-refractivity contribution in [1.29, 1.82) is 0 Å². The van der Waals surface area contributed by atoms with Crippen LogP contribution in [0, 0.1) is 0 Å². The number of halogens is 1. The van der Waals surface area contributed by atoms with E-state index < -0.39 is 5.60 Å². The fraction of sp³-hybridized carbons (Fsp3) is 0.643. The molecule has 1 aliphatic heterocycles. The number of hydrogen-bond donors (Lipinski definition) is 0. The van der Waals surface area contributed by atoms with Gasteiger partial charge in [0.05, 0.1) is 12.1 Å². The molecular weight excluding hydrogens is 480 g/mol. The minimum absolute atomic E-state index is 0.0961. The van der Waals surface area contributed by atoms with Crippen LogP contribution in [0.25, 0.3) is 11.3 Å². The highest BCUT2D eigenvalue weighted by Crippen LogP contribution is 2.45. The second-order valence-corrected chi connectivity index (χ2v) is 14.2. The van der Waals surface area contributed by atoms with Gasteiger partial charge in [0.25, 0.3) is 0 Å². The van der Waals surface area contributed by atoms with E-state index in [9.17, 15) is 4.79 Å². The first-order valence-corrected chi connectivity index (χ1v) is 13.6. The van der Waals surface area contributed by atoms with E-state index in [1.165, 1.54) is 0 Å². The van der Waals surface area contributed by atoms with Crippen molar-refractivity contribution in [2.45, 2.75) is 97.5 Å². The second-order valence-electron chi connectivity index (χ2n) is 12.5. The third-order valence-electron chi connectivity index (χ3n) is 6.28. The van der Waals surface area contributed by atoms with E-state index in [-0.39, 0.29) is 22.8 Å². The molecule has 0 N–H and O–H groups in total. The Kier molecular flexibility index (Phi) is 7.88. The van der Waals surface area contributed by atoms with Gasteiger partial charge in [0.2, 0.25) is 0 Å². The normalized spacial score (nSPS) is 15.9. The summed E-state index contributed by atoms with van der Waals surface area (Å²) in [5.41, 5.74) is 3.49. The molecule has 35 heavy (non-hydrogen) atoms. The van der Waals surface area contributed by atoms with Gasteiger partial charge in [-0.1, -0.05) is 53.1 Å². The molecule has 1 fully saturated rings. The highest BCUT2D eigenvalue weighted by molar-refractivity contribution is 7.16. The van der Waals surface area contributed by atoms with Crippen LogP contribution in [0.3, 0.4) is 0 Å². The third kappa shape index (κ3) is 6.51. The molecule has 194 valence electrons. The van der Waals surface area contributed by atoms with Gasteiger partial charge in [-0.15, -0.1) is 11.3 Å². The molecular formula is C28H41ClN2O3S. The first-order chi connectivity index (χ1) is 16.0. The standard InChI is InChI=1S/C28H41ClN2O3S/c1-26(2,3)19-15-18(16-20(22(19)33-10)27(4,5)6)21-23(29)35-24(30-21)17-11-13-31(14-12-17)25(32)34-28(7,8)9/h15-17H,11-14H2,1-10H3. The SMILES string of the molecule is COc1c(C(C)(C)C)cc(-c2nc(C3CCN(C(=O)OC(C)(C)C)CC3)sc2Cl)cc1C(C)(C)C. The van der Waals surface area contributed by atoms with Gasteiger partial charge in [0.15, 0.2) is 0 Å². The minimum Gasteiger partial charge on any atom is -0.496 e. The van der Waals surface area contributed by atoms with E-state index in [0.29, 0.717) is 17.4 Å². The number of hydrogen-bond acceptors (Lipinski definition) is 5. The largest absolute Gasteiger partial charge is 0.496 e. The maximum atomic E-state index is 12.4. The molecule has 3 rings (SSSR count). The van der Waals surface area contributed by atoms with Gasteiger partial charge in [0, 0.05) is 35.7 Å². The Hall–Kier alpha value is -1.79. The number of amides is 1. The Morgan fingerprint density at radius 1 is 1.00 bits per heavy atom. The average molecular weight is 521 g/mol. The number of piperidine rings is 1. The van der Waals surface area contributed by atoms with Gasteiger partial charge in [-0.2, -0.15) is 0 Å². The molecule has 1 amide bonds. The van der Waals surface area contributed by atoms with Crippen molar-refractivity contribution < 1.29 is 14.3 Å². The Morgan fingerprint density at radius 2 is 1.51 bits per heavy atom. The number of ether oxygens (including phenoxy) is 2. The highest BCUT2D eigenvalue weighted by atomic mass is 35.5. The van der Waals surface area contributed by atoms with Crippen LogP contribution in [-0.4, -0.2) is 41.8 Å². The van der Waals surface area contributed by atoms with Gasteiger partial charge in [-0.3, -0.25) is 0 Å². The monoisotopic (exact) mass is 520 g/mol. The molecule has 0 bridgehead atoms. The van der Waals surface area contributed by atoms with Crippen LogP contribution < -0.4 is 4.74 Å². The lowest BCUT2D eigenvalue weighted by Crippen LogP contribution is -2.41. The van der Waals surface area contributed by atoms with E-state index in [4.69, 9.17) is 26.1 Å². The van der Waals surface area contributed by atoms with Gasteiger partial charge in [-0.25, -0.2) is 9.78 Å². The molecule has 2 heterocycles. The van der Waals surface area contributed by atoms with Gasteiger partial charge in [0.1, 0.15) is 21.4 Å². The Labute approximate surface area is 220 Å². The molecule has 1 aromatic heterocycles. The van der Waals surface area contributed by atoms with E-state index in [0.717, 1.165) is 46.0 Å². The van der Waals surface area contributed by atoms with E-state index in [2.05, 4.69) is 53.7 Å². The number of benzene rings is 1. The maximum absolute atomic E-state index is 12.4. The zero-order chi connectivity index (χ0) is 26.3. The van der Waals surface area contributed by atoms with Crippen molar-refractivity contribution in [3.63, 3.8) is 0 Å². The second kappa shape index (κ2) is 9.93. The van der Waals surface area contributed by atoms with E-state index in [1.54, 1.807) is 23.3 Å². The summed E-state index contributed by atoms with van der Waals surface area (Å²) >= 11 is 8.36. The topological polar surface area (TPSA) is 51.7 Å². The smallest absolute Gasteiger partial charge is 0.410 e. The lowest BCUT2D eigenvalue weighted by Gasteiger charge is -2.32. The zero-order valence-corrected chi connectivity index (χ0v) is 24.5. The fourth-order valence-electron chi connectivity index (χ4n) is 4.40. The lowest BCUT2D eigenvalue weighted by atomic mass is 9.78. The number of thiazole rings is 1. The molecule has 0 spiro atoms. The highest BCUT2D eigenvalue weighted by Gasteiger charge is 2.31. The van der Waals surface area contributed by atoms with Gasteiger partial charge < -0.3 is 14.4 Å². The van der Waals surface area contributed by atoms with Crippen LogP contribution in [-0.2, 0) is 15.6 Å². The zero-order valence-electron chi connectivity index (χ0n) is 23.0. The van der Waals surface area contributed by atoms with Crippen LogP contribution in [0.5, 0.6) is 5.75 Å². The van der Waals surface area contributed by atoms with Crippen molar-refractivity contribution in [3.8, 4) is 17.0 Å². The molecule has 0 radical (unpaired) electrons. The summed E-state index contributed by atoms with van der Waals surface area (Å²) in [6, 6.07) is 4.37. The number of likely N-dealkylation sites (tertiary alicyclic amines) is 1. The predicted molar refractivity (Wildman–Crippen MR) is 146 cm³/mol. The number of rotatable bonds is 3.